The third kappa shape index (κ3) is 4.68. The molecular weight excluding hydrogens is 396 g/mol. The van der Waals surface area contributed by atoms with E-state index >= 15 is 0 Å². The molecule has 1 aromatic carbocycles. The molecule has 1 saturated heterocycles. The van der Waals surface area contributed by atoms with E-state index in [0.29, 0.717) is 12.2 Å². The normalized spacial score (nSPS) is 15.6. The summed E-state index contributed by atoms with van der Waals surface area (Å²) in [4.78, 5) is 19.1. The molecule has 0 atom stereocenters. The standard InChI is InChI=1S/C20H21F2N5OS/c1-26-11-14(9-23-26)20-25-18(12-29-20)19(28)24-15-4-6-27(7-5-15)10-13-2-3-16(21)17(22)8-13/h2-3,8-9,11-12,15H,4-7,10H2,1H3,(H,24,28). The molecule has 1 aliphatic rings. The number of piperidine rings is 1. The van der Waals surface area contributed by atoms with Crippen molar-refractivity contribution in [3.63, 3.8) is 0 Å². The second-order valence-electron chi connectivity index (χ2n) is 7.21. The van der Waals surface area contributed by atoms with Gasteiger partial charge < -0.3 is 5.32 Å². The van der Waals surface area contributed by atoms with Crippen LogP contribution in [0.4, 0.5) is 8.78 Å². The van der Waals surface area contributed by atoms with Gasteiger partial charge in [-0.1, -0.05) is 6.07 Å². The molecule has 152 valence electrons. The first kappa shape index (κ1) is 19.7. The number of carbonyl (C=O) groups excluding carboxylic acids is 1. The van der Waals surface area contributed by atoms with Gasteiger partial charge in [-0.05, 0) is 30.5 Å². The molecule has 0 unspecified atom stereocenters. The number of rotatable bonds is 5. The Morgan fingerprint density at radius 3 is 2.76 bits per heavy atom. The fourth-order valence-corrected chi connectivity index (χ4v) is 4.21. The SMILES string of the molecule is Cn1cc(-c2nc(C(=O)NC3CCN(Cc4ccc(F)c(F)c4)CC3)cs2)cn1. The van der Waals surface area contributed by atoms with Crippen molar-refractivity contribution in [3.05, 3.63) is 58.9 Å². The van der Waals surface area contributed by atoms with Crippen molar-refractivity contribution >= 4 is 17.2 Å². The van der Waals surface area contributed by atoms with Crippen LogP contribution in [0.1, 0.15) is 28.9 Å². The number of aryl methyl sites for hydroxylation is 1. The Hall–Kier alpha value is -2.65. The lowest BCUT2D eigenvalue weighted by molar-refractivity contribution is 0.0904. The van der Waals surface area contributed by atoms with Crippen LogP contribution in [-0.2, 0) is 13.6 Å². The maximum atomic E-state index is 13.4. The number of nitrogens with zero attached hydrogens (tertiary/aromatic N) is 4. The molecule has 3 aromatic rings. The van der Waals surface area contributed by atoms with Gasteiger partial charge >= 0.3 is 0 Å². The fourth-order valence-electron chi connectivity index (χ4n) is 3.43. The minimum atomic E-state index is -0.830. The summed E-state index contributed by atoms with van der Waals surface area (Å²) in [6, 6.07) is 4.08. The summed E-state index contributed by atoms with van der Waals surface area (Å²) in [5.74, 6) is -1.82. The molecule has 2 aromatic heterocycles. The maximum Gasteiger partial charge on any atom is 0.270 e. The van der Waals surface area contributed by atoms with Gasteiger partial charge in [-0.3, -0.25) is 14.4 Å². The van der Waals surface area contributed by atoms with E-state index < -0.39 is 11.6 Å². The summed E-state index contributed by atoms with van der Waals surface area (Å²) in [7, 11) is 1.84. The zero-order valence-electron chi connectivity index (χ0n) is 15.9. The number of hydrogen-bond donors (Lipinski definition) is 1. The number of thiazole rings is 1. The third-order valence-electron chi connectivity index (χ3n) is 5.00. The van der Waals surface area contributed by atoms with Crippen LogP contribution in [0.5, 0.6) is 0 Å². The number of carbonyl (C=O) groups is 1. The molecule has 0 bridgehead atoms. The van der Waals surface area contributed by atoms with Crippen LogP contribution < -0.4 is 5.32 Å². The highest BCUT2D eigenvalue weighted by molar-refractivity contribution is 7.13. The summed E-state index contributed by atoms with van der Waals surface area (Å²) in [5, 5.41) is 9.71. The molecular formula is C20H21F2N5OS. The van der Waals surface area contributed by atoms with Crippen LogP contribution in [0.3, 0.4) is 0 Å². The maximum absolute atomic E-state index is 13.4. The molecule has 0 spiro atoms. The van der Waals surface area contributed by atoms with E-state index in [-0.39, 0.29) is 11.9 Å². The van der Waals surface area contributed by atoms with Crippen molar-refractivity contribution < 1.29 is 13.6 Å². The Morgan fingerprint density at radius 2 is 2.07 bits per heavy atom. The Labute approximate surface area is 171 Å². The molecule has 1 fully saturated rings. The number of halogens is 2. The predicted molar refractivity (Wildman–Crippen MR) is 106 cm³/mol. The van der Waals surface area contributed by atoms with Gasteiger partial charge in [0, 0.05) is 49.9 Å². The highest BCUT2D eigenvalue weighted by Crippen LogP contribution is 2.23. The second kappa shape index (κ2) is 8.38. The largest absolute Gasteiger partial charge is 0.348 e. The smallest absolute Gasteiger partial charge is 0.270 e. The van der Waals surface area contributed by atoms with Gasteiger partial charge in [-0.15, -0.1) is 11.3 Å². The number of aromatic nitrogens is 3. The number of benzene rings is 1. The minimum Gasteiger partial charge on any atom is -0.348 e. The predicted octanol–water partition coefficient (Wildman–Crippen LogP) is 3.22. The van der Waals surface area contributed by atoms with Gasteiger partial charge in [-0.2, -0.15) is 5.10 Å². The van der Waals surface area contributed by atoms with Crippen LogP contribution >= 0.6 is 11.3 Å². The number of amides is 1. The topological polar surface area (TPSA) is 63.1 Å². The first-order chi connectivity index (χ1) is 14.0. The Morgan fingerprint density at radius 1 is 1.28 bits per heavy atom. The van der Waals surface area contributed by atoms with Crippen molar-refractivity contribution in [3.8, 4) is 10.6 Å². The van der Waals surface area contributed by atoms with E-state index in [1.54, 1.807) is 22.3 Å². The number of nitrogens with one attached hydrogen (secondary N) is 1. The first-order valence-electron chi connectivity index (χ1n) is 9.39. The Kier molecular flexibility index (Phi) is 5.68. The molecule has 4 rings (SSSR count). The van der Waals surface area contributed by atoms with Crippen LogP contribution in [0.15, 0.2) is 36.0 Å². The van der Waals surface area contributed by atoms with Gasteiger partial charge in [0.25, 0.3) is 5.91 Å². The summed E-state index contributed by atoms with van der Waals surface area (Å²) in [6.07, 6.45) is 5.19. The quantitative estimate of drug-likeness (QED) is 0.693. The van der Waals surface area contributed by atoms with Crippen LogP contribution in [-0.4, -0.2) is 44.7 Å². The molecule has 0 aliphatic carbocycles. The van der Waals surface area contributed by atoms with Crippen LogP contribution in [0.25, 0.3) is 10.6 Å². The first-order valence-corrected chi connectivity index (χ1v) is 10.3. The second-order valence-corrected chi connectivity index (χ2v) is 8.07. The molecule has 1 N–H and O–H groups in total. The summed E-state index contributed by atoms with van der Waals surface area (Å²) in [5.41, 5.74) is 2.05. The van der Waals surface area contributed by atoms with E-state index in [2.05, 4.69) is 20.3 Å². The van der Waals surface area contributed by atoms with Gasteiger partial charge in [0.2, 0.25) is 0 Å². The minimum absolute atomic E-state index is 0.0762. The third-order valence-corrected chi connectivity index (χ3v) is 5.89. The van der Waals surface area contributed by atoms with Crippen LogP contribution in [0, 0.1) is 11.6 Å². The molecule has 1 amide bonds. The van der Waals surface area contributed by atoms with E-state index in [9.17, 15) is 13.6 Å². The molecule has 1 aliphatic heterocycles. The van der Waals surface area contributed by atoms with Crippen molar-refractivity contribution in [2.45, 2.75) is 25.4 Å². The lowest BCUT2D eigenvalue weighted by atomic mass is 10.0. The van der Waals surface area contributed by atoms with E-state index in [1.165, 1.54) is 17.4 Å². The molecule has 0 saturated carbocycles. The van der Waals surface area contributed by atoms with Crippen molar-refractivity contribution in [2.75, 3.05) is 13.1 Å². The van der Waals surface area contributed by atoms with Gasteiger partial charge in [0.05, 0.1) is 6.20 Å². The average molecular weight is 417 g/mol. The van der Waals surface area contributed by atoms with Crippen molar-refractivity contribution in [1.82, 2.24) is 25.0 Å². The zero-order chi connectivity index (χ0) is 20.4. The molecule has 29 heavy (non-hydrogen) atoms. The summed E-state index contributed by atoms with van der Waals surface area (Å²) >= 11 is 1.42. The summed E-state index contributed by atoms with van der Waals surface area (Å²) in [6.45, 7) is 2.13. The monoisotopic (exact) mass is 417 g/mol. The van der Waals surface area contributed by atoms with E-state index in [0.717, 1.165) is 48.1 Å². The lowest BCUT2D eigenvalue weighted by Crippen LogP contribution is -2.44. The summed E-state index contributed by atoms with van der Waals surface area (Å²) < 4.78 is 28.1. The lowest BCUT2D eigenvalue weighted by Gasteiger charge is -2.32. The highest BCUT2D eigenvalue weighted by atomic mass is 32.1. The number of hydrogen-bond acceptors (Lipinski definition) is 5. The molecule has 9 heteroatoms. The highest BCUT2D eigenvalue weighted by Gasteiger charge is 2.22. The van der Waals surface area contributed by atoms with Gasteiger partial charge in [-0.25, -0.2) is 13.8 Å². The molecule has 6 nitrogen and oxygen atoms in total. The Bertz CT molecular complexity index is 1010. The van der Waals surface area contributed by atoms with E-state index in [1.807, 2.05) is 13.2 Å². The molecule has 0 radical (unpaired) electrons. The average Bonchev–Trinajstić information content (AvgIpc) is 3.35. The van der Waals surface area contributed by atoms with Gasteiger partial charge in [0.15, 0.2) is 11.6 Å². The fraction of sp³-hybridized carbons (Fsp3) is 0.350. The van der Waals surface area contributed by atoms with E-state index in [4.69, 9.17) is 0 Å². The van der Waals surface area contributed by atoms with Crippen molar-refractivity contribution in [1.29, 1.82) is 0 Å². The number of likely N-dealkylation sites (tertiary alicyclic amines) is 1. The molecule has 3 heterocycles. The van der Waals surface area contributed by atoms with Crippen molar-refractivity contribution in [2.24, 2.45) is 7.05 Å². The van der Waals surface area contributed by atoms with Crippen LogP contribution in [0.2, 0.25) is 0 Å². The zero-order valence-corrected chi connectivity index (χ0v) is 16.8. The Balaban J connectivity index is 1.28. The van der Waals surface area contributed by atoms with Gasteiger partial charge in [0.1, 0.15) is 10.7 Å².